The summed E-state index contributed by atoms with van der Waals surface area (Å²) >= 11 is 19.4. The number of carbonyl (C=O) groups excluding carboxylic acids is 1. The normalized spacial score (nSPS) is 16.4. The zero-order chi connectivity index (χ0) is 23.5. The fourth-order valence-electron chi connectivity index (χ4n) is 3.72. The Hall–Kier alpha value is -2.19. The maximum absolute atomic E-state index is 12.5. The molecule has 0 radical (unpaired) electrons. The molecular formula is C24H17Cl3N3OPS. The highest BCUT2D eigenvalue weighted by Crippen LogP contribution is 2.48. The monoisotopic (exact) mass is 531 g/mol. The fourth-order valence-corrected chi connectivity index (χ4v) is 9.67. The van der Waals surface area contributed by atoms with E-state index in [9.17, 15) is 10.1 Å². The summed E-state index contributed by atoms with van der Waals surface area (Å²) in [5, 5.41) is 15.8. The SMILES string of the molecule is N#CC(C1=NC(=O)N[C@@H](C(Cl)(Cl)Cl)S1)=P(c1ccccc1)(c1ccccc1)c1ccccc1. The summed E-state index contributed by atoms with van der Waals surface area (Å²) in [4.78, 5) is 16.7. The lowest BCUT2D eigenvalue weighted by Crippen LogP contribution is -2.45. The van der Waals surface area contributed by atoms with E-state index in [2.05, 4.69) is 16.4 Å². The van der Waals surface area contributed by atoms with Crippen molar-refractivity contribution in [3.63, 3.8) is 0 Å². The molecule has 0 saturated heterocycles. The Morgan fingerprint density at radius 1 is 0.879 bits per heavy atom. The zero-order valence-electron chi connectivity index (χ0n) is 17.0. The van der Waals surface area contributed by atoms with Gasteiger partial charge in [-0.2, -0.15) is 10.3 Å². The smallest absolute Gasteiger partial charge is 0.320 e. The first kappa shape index (κ1) is 24.0. The van der Waals surface area contributed by atoms with E-state index < -0.39 is 22.1 Å². The standard InChI is InChI=1S/C24H17Cl3N3OPS/c25-24(26,27)22-30-23(31)29-21(33-22)20(16-28)32(17-10-4-1-5-11-17,18-12-6-2-7-13-18)19-14-8-3-9-15-19/h1-15,22H,(H,30,31)/t22-/m1/s1. The molecule has 9 heteroatoms. The lowest BCUT2D eigenvalue weighted by molar-refractivity contribution is 0.248. The van der Waals surface area contributed by atoms with Gasteiger partial charge in [-0.15, -0.1) is 0 Å². The Balaban J connectivity index is 2.16. The number of halogens is 3. The molecule has 0 aromatic heterocycles. The van der Waals surface area contributed by atoms with E-state index >= 15 is 0 Å². The highest BCUT2D eigenvalue weighted by Gasteiger charge is 2.41. The second-order valence-corrected chi connectivity index (χ2v) is 13.8. The summed E-state index contributed by atoms with van der Waals surface area (Å²) in [5.41, 5.74) is 0. The predicted octanol–water partition coefficient (Wildman–Crippen LogP) is 5.23. The molecule has 0 spiro atoms. The van der Waals surface area contributed by atoms with Crippen LogP contribution in [0, 0.1) is 11.3 Å². The van der Waals surface area contributed by atoms with E-state index in [4.69, 9.17) is 34.8 Å². The maximum Gasteiger partial charge on any atom is 0.343 e. The Bertz CT molecular complexity index is 1180. The third-order valence-electron chi connectivity index (χ3n) is 5.06. The Morgan fingerprint density at radius 2 is 1.30 bits per heavy atom. The number of thioether (sulfide) groups is 1. The van der Waals surface area contributed by atoms with Crippen molar-refractivity contribution in [3.8, 4) is 6.07 Å². The highest BCUT2D eigenvalue weighted by atomic mass is 35.6. The quantitative estimate of drug-likeness (QED) is 0.370. The van der Waals surface area contributed by atoms with Crippen molar-refractivity contribution in [2.24, 2.45) is 4.99 Å². The minimum Gasteiger partial charge on any atom is -0.320 e. The summed E-state index contributed by atoms with van der Waals surface area (Å²) in [5.74, 6) is 0. The van der Waals surface area contributed by atoms with Crippen molar-refractivity contribution in [3.05, 3.63) is 91.0 Å². The number of aliphatic imine (C=N–C) groups is 1. The van der Waals surface area contributed by atoms with Gasteiger partial charge < -0.3 is 5.32 Å². The van der Waals surface area contributed by atoms with Crippen LogP contribution in [0.15, 0.2) is 96.0 Å². The largest absolute Gasteiger partial charge is 0.343 e. The molecule has 33 heavy (non-hydrogen) atoms. The Morgan fingerprint density at radius 3 is 1.67 bits per heavy atom. The van der Waals surface area contributed by atoms with Gasteiger partial charge in [0.1, 0.15) is 16.5 Å². The molecule has 4 nitrogen and oxygen atoms in total. The molecular weight excluding hydrogens is 516 g/mol. The summed E-state index contributed by atoms with van der Waals surface area (Å²) in [6.45, 7) is -2.74. The predicted molar refractivity (Wildman–Crippen MR) is 143 cm³/mol. The van der Waals surface area contributed by atoms with Crippen molar-refractivity contribution < 1.29 is 4.79 Å². The van der Waals surface area contributed by atoms with Gasteiger partial charge in [-0.05, 0) is 22.8 Å². The molecule has 0 saturated carbocycles. The fraction of sp³-hybridized carbons (Fsp3) is 0.0833. The second kappa shape index (κ2) is 9.97. The Labute approximate surface area is 211 Å². The van der Waals surface area contributed by atoms with E-state index in [0.717, 1.165) is 27.7 Å². The number of alkyl halides is 3. The van der Waals surface area contributed by atoms with Crippen molar-refractivity contribution in [1.29, 1.82) is 5.26 Å². The minimum absolute atomic E-state index is 0.252. The van der Waals surface area contributed by atoms with Gasteiger partial charge in [0.15, 0.2) is 0 Å². The average molecular weight is 533 g/mol. The van der Waals surface area contributed by atoms with Crippen LogP contribution in [-0.4, -0.2) is 25.5 Å². The number of hydrogen-bond acceptors (Lipinski definition) is 3. The van der Waals surface area contributed by atoms with Crippen LogP contribution in [0.25, 0.3) is 0 Å². The molecule has 0 aliphatic carbocycles. The van der Waals surface area contributed by atoms with E-state index in [1.54, 1.807) is 0 Å². The summed E-state index contributed by atoms with van der Waals surface area (Å²) in [6, 6.07) is 31.2. The highest BCUT2D eigenvalue weighted by molar-refractivity contribution is 8.19. The van der Waals surface area contributed by atoms with Crippen LogP contribution < -0.4 is 21.2 Å². The number of nitrogens with zero attached hydrogens (tertiary/aromatic N) is 2. The van der Waals surface area contributed by atoms with Gasteiger partial charge in [-0.1, -0.05) is 138 Å². The molecule has 1 N–H and O–H groups in total. The van der Waals surface area contributed by atoms with Gasteiger partial charge in [0, 0.05) is 0 Å². The first-order valence-corrected chi connectivity index (χ1v) is 13.6. The molecule has 1 heterocycles. The molecule has 3 aromatic rings. The van der Waals surface area contributed by atoms with Crippen molar-refractivity contribution in [2.75, 3.05) is 0 Å². The van der Waals surface area contributed by atoms with Crippen LogP contribution >= 0.6 is 53.5 Å². The van der Waals surface area contributed by atoms with Crippen LogP contribution in [0.5, 0.6) is 0 Å². The van der Waals surface area contributed by atoms with Gasteiger partial charge in [0.05, 0.1) is 5.29 Å². The molecule has 4 rings (SSSR count). The van der Waals surface area contributed by atoms with Gasteiger partial charge in [0.2, 0.25) is 3.79 Å². The number of hydrogen-bond donors (Lipinski definition) is 1. The minimum atomic E-state index is -2.74. The zero-order valence-corrected chi connectivity index (χ0v) is 21.0. The maximum atomic E-state index is 12.5. The topological polar surface area (TPSA) is 65.2 Å². The number of carbonyl (C=O) groups is 1. The first-order valence-electron chi connectivity index (χ1n) is 9.84. The van der Waals surface area contributed by atoms with Gasteiger partial charge in [0.25, 0.3) is 0 Å². The number of rotatable bonds is 4. The van der Waals surface area contributed by atoms with Crippen molar-refractivity contribution >= 4 is 85.7 Å². The lowest BCUT2D eigenvalue weighted by atomic mass is 10.4. The molecule has 1 aliphatic heterocycles. The molecule has 166 valence electrons. The number of nitriles is 1. The third kappa shape index (κ3) is 4.73. The van der Waals surface area contributed by atoms with Crippen LogP contribution in [-0.2, 0) is 0 Å². The summed E-state index contributed by atoms with van der Waals surface area (Å²) in [6.07, 6.45) is 0. The molecule has 0 bridgehead atoms. The van der Waals surface area contributed by atoms with Crippen LogP contribution in [0.2, 0.25) is 0 Å². The van der Waals surface area contributed by atoms with Crippen molar-refractivity contribution in [1.82, 2.24) is 5.32 Å². The molecule has 2 amide bonds. The van der Waals surface area contributed by atoms with Crippen molar-refractivity contribution in [2.45, 2.75) is 9.17 Å². The Kier molecular flexibility index (Phi) is 7.24. The van der Waals surface area contributed by atoms with E-state index in [-0.39, 0.29) is 5.04 Å². The van der Waals surface area contributed by atoms with Gasteiger partial charge in [-0.3, -0.25) is 0 Å². The van der Waals surface area contributed by atoms with E-state index in [1.807, 2.05) is 91.0 Å². The summed E-state index contributed by atoms with van der Waals surface area (Å²) < 4.78 is -1.78. The lowest BCUT2D eigenvalue weighted by Gasteiger charge is -2.33. The van der Waals surface area contributed by atoms with Crippen LogP contribution in [0.4, 0.5) is 4.79 Å². The average Bonchev–Trinajstić information content (AvgIpc) is 2.83. The van der Waals surface area contributed by atoms with Crippen LogP contribution in [0.1, 0.15) is 0 Å². The number of benzene rings is 3. The molecule has 3 aromatic carbocycles. The molecule has 1 aliphatic rings. The summed E-state index contributed by atoms with van der Waals surface area (Å²) in [7, 11) is 0. The third-order valence-corrected chi connectivity index (χ3v) is 11.7. The van der Waals surface area contributed by atoms with E-state index in [0.29, 0.717) is 5.29 Å². The number of amides is 2. The van der Waals surface area contributed by atoms with Gasteiger partial charge >= 0.3 is 6.03 Å². The van der Waals surface area contributed by atoms with E-state index in [1.165, 1.54) is 0 Å². The van der Waals surface area contributed by atoms with Crippen LogP contribution in [0.3, 0.4) is 0 Å². The second-order valence-electron chi connectivity index (χ2n) is 7.04. The first-order chi connectivity index (χ1) is 15.9. The number of urea groups is 1. The van der Waals surface area contributed by atoms with Gasteiger partial charge in [-0.25, -0.2) is 4.79 Å². The molecule has 0 unspecified atom stereocenters. The molecule has 0 fully saturated rings. The molecule has 1 atom stereocenters. The number of nitrogens with one attached hydrogen (secondary N) is 1.